The summed E-state index contributed by atoms with van der Waals surface area (Å²) in [5, 5.41) is 0. The van der Waals surface area contributed by atoms with Gasteiger partial charge in [-0.3, -0.25) is 4.79 Å². The van der Waals surface area contributed by atoms with Gasteiger partial charge in [-0.1, -0.05) is 30.3 Å². The molecule has 7 heteroatoms. The number of hydrogen-bond donors (Lipinski definition) is 0. The summed E-state index contributed by atoms with van der Waals surface area (Å²) < 4.78 is 21.8. The summed E-state index contributed by atoms with van der Waals surface area (Å²) >= 11 is 0. The third-order valence-corrected chi connectivity index (χ3v) is 4.56. The maximum atomic E-state index is 12.2. The Morgan fingerprint density at radius 3 is 2.13 bits per heavy atom. The van der Waals surface area contributed by atoms with Crippen LogP contribution in [0.2, 0.25) is 0 Å². The van der Waals surface area contributed by atoms with E-state index in [4.69, 9.17) is 18.9 Å². The minimum atomic E-state index is -0.595. The molecule has 0 spiro atoms. The standard InChI is InChI=1S/C23H27NO6/c1-17-12-24(13-18(2)30-17)22(25)15-29-23(26)16-28-21-10-8-20(9-11-21)27-14-19-6-4-3-5-7-19/h3-11,17-18H,12-16H2,1-2H3. The Bertz CT molecular complexity index is 813. The first-order valence-electron chi connectivity index (χ1n) is 9.98. The number of ether oxygens (including phenoxy) is 4. The first-order valence-corrected chi connectivity index (χ1v) is 9.98. The molecule has 1 saturated heterocycles. The molecule has 1 heterocycles. The van der Waals surface area contributed by atoms with Gasteiger partial charge in [0.25, 0.3) is 5.91 Å². The fourth-order valence-corrected chi connectivity index (χ4v) is 3.17. The zero-order valence-electron chi connectivity index (χ0n) is 17.3. The molecule has 2 aromatic carbocycles. The third kappa shape index (κ3) is 6.77. The fraction of sp³-hybridized carbons (Fsp3) is 0.391. The molecule has 0 saturated carbocycles. The zero-order valence-corrected chi connectivity index (χ0v) is 17.3. The summed E-state index contributed by atoms with van der Waals surface area (Å²) in [4.78, 5) is 25.8. The number of benzene rings is 2. The lowest BCUT2D eigenvalue weighted by atomic mass is 10.2. The van der Waals surface area contributed by atoms with Gasteiger partial charge >= 0.3 is 5.97 Å². The maximum Gasteiger partial charge on any atom is 0.344 e. The molecule has 0 radical (unpaired) electrons. The number of rotatable bonds is 8. The van der Waals surface area contributed by atoms with Crippen LogP contribution >= 0.6 is 0 Å². The minimum Gasteiger partial charge on any atom is -0.489 e. The Balaban J connectivity index is 1.36. The number of nitrogens with zero attached hydrogens (tertiary/aromatic N) is 1. The largest absolute Gasteiger partial charge is 0.489 e. The normalized spacial score (nSPS) is 18.5. The van der Waals surface area contributed by atoms with Crippen LogP contribution in [-0.2, 0) is 25.7 Å². The van der Waals surface area contributed by atoms with E-state index in [1.165, 1.54) is 0 Å². The summed E-state index contributed by atoms with van der Waals surface area (Å²) in [7, 11) is 0. The van der Waals surface area contributed by atoms with Gasteiger partial charge in [0.05, 0.1) is 12.2 Å². The molecule has 160 valence electrons. The summed E-state index contributed by atoms with van der Waals surface area (Å²) in [5.74, 6) is 0.391. The van der Waals surface area contributed by atoms with E-state index in [-0.39, 0.29) is 31.3 Å². The highest BCUT2D eigenvalue weighted by molar-refractivity contribution is 5.81. The first-order chi connectivity index (χ1) is 14.5. The van der Waals surface area contributed by atoms with E-state index in [1.807, 2.05) is 44.2 Å². The second-order valence-electron chi connectivity index (χ2n) is 7.25. The molecule has 1 aliphatic rings. The Hall–Kier alpha value is -3.06. The Morgan fingerprint density at radius 2 is 1.50 bits per heavy atom. The van der Waals surface area contributed by atoms with E-state index in [1.54, 1.807) is 29.2 Å². The maximum absolute atomic E-state index is 12.2. The van der Waals surface area contributed by atoms with Crippen LogP contribution in [0.5, 0.6) is 11.5 Å². The topological polar surface area (TPSA) is 74.3 Å². The Morgan fingerprint density at radius 1 is 0.900 bits per heavy atom. The molecule has 0 bridgehead atoms. The van der Waals surface area contributed by atoms with Gasteiger partial charge in [0.15, 0.2) is 13.2 Å². The van der Waals surface area contributed by atoms with Gasteiger partial charge in [-0.2, -0.15) is 0 Å². The number of morpholine rings is 1. The van der Waals surface area contributed by atoms with Gasteiger partial charge in [0.1, 0.15) is 18.1 Å². The lowest BCUT2D eigenvalue weighted by Crippen LogP contribution is -2.49. The molecule has 2 atom stereocenters. The lowest BCUT2D eigenvalue weighted by molar-refractivity contribution is -0.158. The van der Waals surface area contributed by atoms with Gasteiger partial charge in [-0.15, -0.1) is 0 Å². The average molecular weight is 413 g/mol. The molecule has 0 aromatic heterocycles. The molecule has 1 amide bonds. The number of carbonyl (C=O) groups excluding carboxylic acids is 2. The number of esters is 1. The molecule has 0 N–H and O–H groups in total. The Labute approximate surface area is 176 Å². The molecule has 1 aliphatic heterocycles. The van der Waals surface area contributed by atoms with E-state index in [0.717, 1.165) is 5.56 Å². The molecular weight excluding hydrogens is 386 g/mol. The summed E-state index contributed by atoms with van der Waals surface area (Å²) in [6, 6.07) is 16.9. The summed E-state index contributed by atoms with van der Waals surface area (Å²) in [5.41, 5.74) is 1.08. The van der Waals surface area contributed by atoms with Gasteiger partial charge in [-0.25, -0.2) is 4.79 Å². The molecule has 3 rings (SSSR count). The van der Waals surface area contributed by atoms with E-state index in [0.29, 0.717) is 31.2 Å². The quantitative estimate of drug-likeness (QED) is 0.620. The van der Waals surface area contributed by atoms with Crippen LogP contribution < -0.4 is 9.47 Å². The number of amides is 1. The van der Waals surface area contributed by atoms with E-state index >= 15 is 0 Å². The van der Waals surface area contributed by atoms with Gasteiger partial charge in [0.2, 0.25) is 0 Å². The van der Waals surface area contributed by atoms with Crippen LogP contribution in [0.4, 0.5) is 0 Å². The molecule has 0 aliphatic carbocycles. The molecule has 1 fully saturated rings. The van der Waals surface area contributed by atoms with Crippen molar-refractivity contribution < 1.29 is 28.5 Å². The summed E-state index contributed by atoms with van der Waals surface area (Å²) in [6.07, 6.45) is -0.0623. The average Bonchev–Trinajstić information content (AvgIpc) is 2.75. The van der Waals surface area contributed by atoms with Crippen LogP contribution in [0.25, 0.3) is 0 Å². The molecule has 2 unspecified atom stereocenters. The number of hydrogen-bond acceptors (Lipinski definition) is 6. The van der Waals surface area contributed by atoms with Crippen LogP contribution in [-0.4, -0.2) is 55.3 Å². The van der Waals surface area contributed by atoms with Crippen LogP contribution in [0.3, 0.4) is 0 Å². The highest BCUT2D eigenvalue weighted by Crippen LogP contribution is 2.19. The monoisotopic (exact) mass is 413 g/mol. The van der Waals surface area contributed by atoms with E-state index < -0.39 is 5.97 Å². The molecular formula is C23H27NO6. The predicted octanol–water partition coefficient (Wildman–Crippen LogP) is 2.82. The molecule has 7 nitrogen and oxygen atoms in total. The third-order valence-electron chi connectivity index (χ3n) is 4.56. The lowest BCUT2D eigenvalue weighted by Gasteiger charge is -2.35. The Kier molecular flexibility index (Phi) is 7.68. The van der Waals surface area contributed by atoms with Crippen molar-refractivity contribution in [2.24, 2.45) is 0 Å². The van der Waals surface area contributed by atoms with E-state index in [2.05, 4.69) is 0 Å². The van der Waals surface area contributed by atoms with Crippen molar-refractivity contribution in [3.05, 3.63) is 60.2 Å². The van der Waals surface area contributed by atoms with Crippen molar-refractivity contribution in [3.63, 3.8) is 0 Å². The second kappa shape index (κ2) is 10.6. The van der Waals surface area contributed by atoms with Crippen molar-refractivity contribution in [3.8, 4) is 11.5 Å². The summed E-state index contributed by atoms with van der Waals surface area (Å²) in [6.45, 7) is 4.72. The van der Waals surface area contributed by atoms with Crippen LogP contribution in [0.1, 0.15) is 19.4 Å². The smallest absolute Gasteiger partial charge is 0.344 e. The highest BCUT2D eigenvalue weighted by Gasteiger charge is 2.26. The SMILES string of the molecule is CC1CN(C(=O)COC(=O)COc2ccc(OCc3ccccc3)cc2)CC(C)O1. The second-order valence-corrected chi connectivity index (χ2v) is 7.25. The van der Waals surface area contributed by atoms with Gasteiger partial charge in [-0.05, 0) is 43.7 Å². The fourth-order valence-electron chi connectivity index (χ4n) is 3.17. The first kappa shape index (κ1) is 21.6. The van der Waals surface area contributed by atoms with Gasteiger partial charge in [0, 0.05) is 13.1 Å². The van der Waals surface area contributed by atoms with Crippen LogP contribution in [0, 0.1) is 0 Å². The van der Waals surface area contributed by atoms with Crippen LogP contribution in [0.15, 0.2) is 54.6 Å². The minimum absolute atomic E-state index is 0.0311. The van der Waals surface area contributed by atoms with Crippen molar-refractivity contribution in [1.29, 1.82) is 0 Å². The number of carbonyl (C=O) groups is 2. The van der Waals surface area contributed by atoms with Crippen molar-refractivity contribution >= 4 is 11.9 Å². The highest BCUT2D eigenvalue weighted by atomic mass is 16.6. The van der Waals surface area contributed by atoms with Crippen molar-refractivity contribution in [2.75, 3.05) is 26.3 Å². The van der Waals surface area contributed by atoms with Crippen molar-refractivity contribution in [2.45, 2.75) is 32.7 Å². The molecule has 2 aromatic rings. The van der Waals surface area contributed by atoms with Crippen molar-refractivity contribution in [1.82, 2.24) is 4.90 Å². The van der Waals surface area contributed by atoms with E-state index in [9.17, 15) is 9.59 Å². The predicted molar refractivity (Wildman–Crippen MR) is 110 cm³/mol. The molecule has 30 heavy (non-hydrogen) atoms. The zero-order chi connectivity index (χ0) is 21.3. The van der Waals surface area contributed by atoms with Gasteiger partial charge < -0.3 is 23.8 Å².